The molecule has 4 nitrogen and oxygen atoms in total. The van der Waals surface area contributed by atoms with Crippen LogP contribution < -0.4 is 0 Å². The number of unbranched alkanes of at least 4 members (excludes halogenated alkanes) is 1. The van der Waals surface area contributed by atoms with Gasteiger partial charge in [0.15, 0.2) is 0 Å². The van der Waals surface area contributed by atoms with Gasteiger partial charge in [0.1, 0.15) is 0 Å². The molecular formula is C20H25ClN2O2S. The van der Waals surface area contributed by atoms with E-state index in [0.29, 0.717) is 0 Å². The van der Waals surface area contributed by atoms with Crippen LogP contribution in [0, 0.1) is 0 Å². The summed E-state index contributed by atoms with van der Waals surface area (Å²) in [6, 6.07) is 12.4. The Bertz CT molecular complexity index is 726. The Balaban J connectivity index is 1.44. The zero-order valence-electron chi connectivity index (χ0n) is 14.9. The van der Waals surface area contributed by atoms with Crippen LogP contribution in [0.3, 0.4) is 0 Å². The summed E-state index contributed by atoms with van der Waals surface area (Å²) in [6.45, 7) is 6.26. The normalized spacial score (nSPS) is 16.0. The van der Waals surface area contributed by atoms with Crippen molar-refractivity contribution in [3.05, 3.63) is 46.3 Å². The number of carboxylic acid groups (broad SMARTS) is 1. The van der Waals surface area contributed by atoms with Crippen LogP contribution in [-0.4, -0.2) is 53.6 Å². The van der Waals surface area contributed by atoms with Crippen LogP contribution in [0.15, 0.2) is 36.4 Å². The molecule has 0 unspecified atom stereocenters. The first-order chi connectivity index (χ1) is 12.6. The molecular weight excluding hydrogens is 368 g/mol. The van der Waals surface area contributed by atoms with E-state index < -0.39 is 5.97 Å². The van der Waals surface area contributed by atoms with E-state index >= 15 is 0 Å². The molecule has 0 aliphatic carbocycles. The van der Waals surface area contributed by atoms with Gasteiger partial charge in [-0.1, -0.05) is 29.8 Å². The van der Waals surface area contributed by atoms with Gasteiger partial charge in [0.2, 0.25) is 0 Å². The van der Waals surface area contributed by atoms with Crippen molar-refractivity contribution in [1.29, 1.82) is 0 Å². The first kappa shape index (κ1) is 19.4. The molecule has 0 spiro atoms. The summed E-state index contributed by atoms with van der Waals surface area (Å²) in [5.74, 6) is -0.693. The number of carbonyl (C=O) groups is 1. The molecule has 1 N–H and O–H groups in total. The third-order valence-corrected chi connectivity index (χ3v) is 6.19. The topological polar surface area (TPSA) is 43.8 Å². The molecule has 1 aromatic carbocycles. The van der Waals surface area contributed by atoms with Crippen LogP contribution >= 0.6 is 22.9 Å². The van der Waals surface area contributed by atoms with Crippen LogP contribution in [0.25, 0.3) is 10.4 Å². The summed E-state index contributed by atoms with van der Waals surface area (Å²) >= 11 is 8.12. The van der Waals surface area contributed by atoms with Gasteiger partial charge in [-0.15, -0.1) is 11.3 Å². The molecule has 1 fully saturated rings. The lowest BCUT2D eigenvalue weighted by Crippen LogP contribution is -2.45. The Morgan fingerprint density at radius 1 is 1.04 bits per heavy atom. The average molecular weight is 393 g/mol. The van der Waals surface area contributed by atoms with Crippen LogP contribution in [-0.2, 0) is 11.3 Å². The van der Waals surface area contributed by atoms with Crippen molar-refractivity contribution in [2.24, 2.45) is 0 Å². The summed E-state index contributed by atoms with van der Waals surface area (Å²) in [5, 5.41) is 9.49. The van der Waals surface area contributed by atoms with E-state index in [9.17, 15) is 4.79 Å². The number of benzene rings is 1. The largest absolute Gasteiger partial charge is 0.481 e. The maximum absolute atomic E-state index is 10.6. The number of rotatable bonds is 8. The molecule has 0 amide bonds. The molecule has 1 aromatic heterocycles. The zero-order valence-corrected chi connectivity index (χ0v) is 16.4. The van der Waals surface area contributed by atoms with Crippen molar-refractivity contribution in [2.75, 3.05) is 32.7 Å². The minimum atomic E-state index is -0.693. The van der Waals surface area contributed by atoms with Crippen LogP contribution in [0.4, 0.5) is 0 Å². The third kappa shape index (κ3) is 5.55. The van der Waals surface area contributed by atoms with Gasteiger partial charge >= 0.3 is 5.97 Å². The molecule has 140 valence electrons. The Morgan fingerprint density at radius 3 is 2.50 bits per heavy atom. The van der Waals surface area contributed by atoms with E-state index in [4.69, 9.17) is 16.7 Å². The third-order valence-electron chi connectivity index (χ3n) is 4.76. The van der Waals surface area contributed by atoms with Gasteiger partial charge in [-0.3, -0.25) is 9.69 Å². The number of thiophene rings is 1. The lowest BCUT2D eigenvalue weighted by atomic mass is 10.2. The van der Waals surface area contributed by atoms with Crippen molar-refractivity contribution < 1.29 is 9.90 Å². The Hall–Kier alpha value is -1.40. The van der Waals surface area contributed by atoms with Crippen molar-refractivity contribution in [3.8, 4) is 10.4 Å². The van der Waals surface area contributed by atoms with E-state index in [2.05, 4.69) is 28.0 Å². The monoisotopic (exact) mass is 392 g/mol. The summed E-state index contributed by atoms with van der Waals surface area (Å²) in [7, 11) is 0. The minimum absolute atomic E-state index is 0.284. The fourth-order valence-corrected chi connectivity index (χ4v) is 4.65. The SMILES string of the molecule is O=C(O)CCCCN1CCN(Cc2ccc(-c3ccccc3Cl)s2)CC1. The maximum atomic E-state index is 10.6. The molecule has 6 heteroatoms. The second kappa shape index (κ2) is 9.51. The van der Waals surface area contributed by atoms with Crippen LogP contribution in [0.5, 0.6) is 0 Å². The predicted octanol–water partition coefficient (Wildman–Crippen LogP) is 4.44. The molecule has 1 aliphatic heterocycles. The highest BCUT2D eigenvalue weighted by Gasteiger charge is 2.17. The summed E-state index contributed by atoms with van der Waals surface area (Å²) in [6.07, 6.45) is 2.03. The van der Waals surface area contributed by atoms with Gasteiger partial charge in [0.05, 0.1) is 0 Å². The first-order valence-corrected chi connectivity index (χ1v) is 10.3. The van der Waals surface area contributed by atoms with Gasteiger partial charge in [0.25, 0.3) is 0 Å². The van der Waals surface area contributed by atoms with E-state index in [1.54, 1.807) is 0 Å². The quantitative estimate of drug-likeness (QED) is 0.674. The zero-order chi connectivity index (χ0) is 18.4. The van der Waals surface area contributed by atoms with E-state index in [-0.39, 0.29) is 6.42 Å². The fraction of sp³-hybridized carbons (Fsp3) is 0.450. The molecule has 0 atom stereocenters. The highest BCUT2D eigenvalue weighted by Crippen LogP contribution is 2.33. The molecule has 0 bridgehead atoms. The van der Waals surface area contributed by atoms with Crippen molar-refractivity contribution >= 4 is 28.9 Å². The highest BCUT2D eigenvalue weighted by molar-refractivity contribution is 7.15. The van der Waals surface area contributed by atoms with Gasteiger partial charge in [-0.2, -0.15) is 0 Å². The smallest absolute Gasteiger partial charge is 0.303 e. The first-order valence-electron chi connectivity index (χ1n) is 9.12. The summed E-state index contributed by atoms with van der Waals surface area (Å²) in [4.78, 5) is 18.1. The molecule has 1 saturated heterocycles. The molecule has 0 saturated carbocycles. The van der Waals surface area contributed by atoms with E-state index in [0.717, 1.165) is 62.7 Å². The number of nitrogens with zero attached hydrogens (tertiary/aromatic N) is 2. The number of aliphatic carboxylic acids is 1. The second-order valence-corrected chi connectivity index (χ2v) is 8.29. The maximum Gasteiger partial charge on any atom is 0.303 e. The van der Waals surface area contributed by atoms with Gasteiger partial charge in [-0.05, 0) is 37.6 Å². The summed E-state index contributed by atoms with van der Waals surface area (Å²) < 4.78 is 0. The standard InChI is InChI=1S/C20H25ClN2O2S/c21-18-6-2-1-5-17(18)19-9-8-16(26-19)15-23-13-11-22(12-14-23)10-4-3-7-20(24)25/h1-2,5-6,8-9H,3-4,7,10-15H2,(H,24,25). The second-order valence-electron chi connectivity index (χ2n) is 6.71. The van der Waals surface area contributed by atoms with E-state index in [1.807, 2.05) is 29.5 Å². The fourth-order valence-electron chi connectivity index (χ4n) is 3.27. The predicted molar refractivity (Wildman–Crippen MR) is 108 cm³/mol. The number of halogens is 1. The number of piperazine rings is 1. The molecule has 2 heterocycles. The summed E-state index contributed by atoms with van der Waals surface area (Å²) in [5.41, 5.74) is 1.11. The van der Waals surface area contributed by atoms with Gasteiger partial charge < -0.3 is 10.0 Å². The Kier molecular flexibility index (Phi) is 7.08. The van der Waals surface area contributed by atoms with Crippen molar-refractivity contribution in [3.63, 3.8) is 0 Å². The van der Waals surface area contributed by atoms with Crippen molar-refractivity contribution in [2.45, 2.75) is 25.8 Å². The number of hydrogen-bond acceptors (Lipinski definition) is 4. The van der Waals surface area contributed by atoms with Crippen molar-refractivity contribution in [1.82, 2.24) is 9.80 Å². The van der Waals surface area contributed by atoms with Gasteiger partial charge in [0, 0.05) is 59.5 Å². The number of carboxylic acids is 1. The molecule has 0 radical (unpaired) electrons. The van der Waals surface area contributed by atoms with Gasteiger partial charge in [-0.25, -0.2) is 0 Å². The molecule has 26 heavy (non-hydrogen) atoms. The van der Waals surface area contributed by atoms with E-state index in [1.165, 1.54) is 9.75 Å². The lowest BCUT2D eigenvalue weighted by molar-refractivity contribution is -0.137. The highest BCUT2D eigenvalue weighted by atomic mass is 35.5. The van der Waals surface area contributed by atoms with Crippen LogP contribution in [0.1, 0.15) is 24.1 Å². The average Bonchev–Trinajstić information content (AvgIpc) is 3.08. The lowest BCUT2D eigenvalue weighted by Gasteiger charge is -2.34. The molecule has 1 aliphatic rings. The number of hydrogen-bond donors (Lipinski definition) is 1. The Morgan fingerprint density at radius 2 is 1.77 bits per heavy atom. The Labute approximate surface area is 164 Å². The molecule has 3 rings (SSSR count). The minimum Gasteiger partial charge on any atom is -0.481 e. The van der Waals surface area contributed by atoms with Crippen LogP contribution in [0.2, 0.25) is 5.02 Å². The molecule has 2 aromatic rings.